The van der Waals surface area contributed by atoms with Crippen LogP contribution in [0.3, 0.4) is 0 Å². The highest BCUT2D eigenvalue weighted by Crippen LogP contribution is 2.40. The van der Waals surface area contributed by atoms with Crippen LogP contribution in [0.1, 0.15) is 20.1 Å². The van der Waals surface area contributed by atoms with Crippen molar-refractivity contribution >= 4 is 23.7 Å². The highest BCUT2D eigenvalue weighted by Gasteiger charge is 2.56. The van der Waals surface area contributed by atoms with Gasteiger partial charge in [-0.05, 0) is 19.9 Å². The van der Waals surface area contributed by atoms with Crippen molar-refractivity contribution in [2.75, 3.05) is 18.2 Å². The first kappa shape index (κ1) is 18.8. The number of hydrogen-bond acceptors (Lipinski definition) is 7. The van der Waals surface area contributed by atoms with Gasteiger partial charge in [0.25, 0.3) is 0 Å². The molecular formula is C14H19ClFN3O5. The van der Waals surface area contributed by atoms with Gasteiger partial charge in [0, 0.05) is 6.20 Å². The van der Waals surface area contributed by atoms with Crippen molar-refractivity contribution in [3.8, 4) is 0 Å². The number of aldehydes is 1. The van der Waals surface area contributed by atoms with E-state index in [2.05, 4.69) is 4.98 Å². The molecule has 0 amide bonds. The molecular weight excluding hydrogens is 345 g/mol. The summed E-state index contributed by atoms with van der Waals surface area (Å²) in [5.74, 6) is -0.332. The lowest BCUT2D eigenvalue weighted by Crippen LogP contribution is -2.50. The molecule has 3 N–H and O–H groups in total. The van der Waals surface area contributed by atoms with Gasteiger partial charge >= 0.3 is 5.69 Å². The third-order valence-electron chi connectivity index (χ3n) is 3.79. The molecule has 2 rings (SSSR count). The average molecular weight is 364 g/mol. The number of carbonyl (C=O) groups excluding carboxylic acids is 1. The number of carbonyl (C=O) groups is 1. The van der Waals surface area contributed by atoms with Crippen LogP contribution in [-0.4, -0.2) is 56.9 Å². The fraction of sp³-hybridized carbons (Fsp3) is 0.643. The average Bonchev–Trinajstić information content (AvgIpc) is 2.79. The predicted octanol–water partition coefficient (Wildman–Crippen LogP) is 0.0250. The Morgan fingerprint density at radius 3 is 2.88 bits per heavy atom. The number of ether oxygens (including phenoxy) is 2. The number of nitrogens with zero attached hydrogens (tertiary/aromatic N) is 2. The Morgan fingerprint density at radius 1 is 1.67 bits per heavy atom. The van der Waals surface area contributed by atoms with Gasteiger partial charge < -0.3 is 25.1 Å². The molecule has 10 heteroatoms. The van der Waals surface area contributed by atoms with Gasteiger partial charge in [-0.3, -0.25) is 4.57 Å². The Labute approximate surface area is 142 Å². The van der Waals surface area contributed by atoms with Crippen molar-refractivity contribution in [1.82, 2.24) is 9.55 Å². The number of aromatic nitrogens is 2. The molecule has 1 saturated heterocycles. The minimum atomic E-state index is -1.95. The third-order valence-corrected chi connectivity index (χ3v) is 4.25. The SMILES string of the molecule is CC(C)(C=O)OCC1(CCl)OC(n2ccc(N)nc2=O)C(F)C1O. The molecule has 4 unspecified atom stereocenters. The molecule has 1 aliphatic heterocycles. The Hall–Kier alpha value is -1.55. The lowest BCUT2D eigenvalue weighted by Gasteiger charge is -2.32. The van der Waals surface area contributed by atoms with E-state index < -0.39 is 35.4 Å². The Bertz CT molecular complexity index is 670. The number of aliphatic hydroxyl groups excluding tert-OH is 1. The molecule has 1 fully saturated rings. The van der Waals surface area contributed by atoms with Crippen molar-refractivity contribution in [2.45, 2.75) is 43.6 Å². The Kier molecular flexibility index (Phi) is 5.28. The zero-order valence-corrected chi connectivity index (χ0v) is 13.9. The van der Waals surface area contributed by atoms with Crippen LogP contribution in [0.25, 0.3) is 0 Å². The Balaban J connectivity index is 2.29. The maximum atomic E-state index is 14.6. The summed E-state index contributed by atoms with van der Waals surface area (Å²) >= 11 is 5.87. The summed E-state index contributed by atoms with van der Waals surface area (Å²) in [6.45, 7) is 2.67. The summed E-state index contributed by atoms with van der Waals surface area (Å²) in [6.07, 6.45) is -3.27. The summed E-state index contributed by atoms with van der Waals surface area (Å²) in [4.78, 5) is 26.3. The molecule has 0 saturated carbocycles. The van der Waals surface area contributed by atoms with E-state index in [0.717, 1.165) is 4.57 Å². The minimum absolute atomic E-state index is 0.0233. The summed E-state index contributed by atoms with van der Waals surface area (Å²) in [7, 11) is 0. The zero-order chi connectivity index (χ0) is 18.1. The summed E-state index contributed by atoms with van der Waals surface area (Å²) in [6, 6.07) is 1.30. The second-order valence-corrected chi connectivity index (χ2v) is 6.42. The van der Waals surface area contributed by atoms with E-state index in [1.807, 2.05) is 0 Å². The van der Waals surface area contributed by atoms with E-state index in [4.69, 9.17) is 26.8 Å². The number of nitrogen functional groups attached to an aromatic ring is 1. The molecule has 1 aromatic heterocycles. The van der Waals surface area contributed by atoms with Gasteiger partial charge in [0.15, 0.2) is 18.7 Å². The second-order valence-electron chi connectivity index (χ2n) is 6.15. The van der Waals surface area contributed by atoms with Gasteiger partial charge in [0.2, 0.25) is 0 Å². The van der Waals surface area contributed by atoms with Crippen LogP contribution >= 0.6 is 11.6 Å². The molecule has 0 aliphatic carbocycles. The monoisotopic (exact) mass is 363 g/mol. The summed E-state index contributed by atoms with van der Waals surface area (Å²) < 4.78 is 26.4. The fourth-order valence-electron chi connectivity index (χ4n) is 2.26. The van der Waals surface area contributed by atoms with Crippen molar-refractivity contribution in [3.63, 3.8) is 0 Å². The minimum Gasteiger partial charge on any atom is -0.387 e. The smallest absolute Gasteiger partial charge is 0.351 e. The quantitative estimate of drug-likeness (QED) is 0.540. The van der Waals surface area contributed by atoms with E-state index in [1.165, 1.54) is 26.1 Å². The molecule has 134 valence electrons. The second kappa shape index (κ2) is 6.75. The van der Waals surface area contributed by atoms with Gasteiger partial charge in [-0.25, -0.2) is 9.18 Å². The highest BCUT2D eigenvalue weighted by atomic mass is 35.5. The van der Waals surface area contributed by atoms with E-state index in [-0.39, 0.29) is 18.3 Å². The number of alkyl halides is 2. The standard InChI is InChI=1S/C14H19ClFN3O5/c1-13(2,6-20)23-7-14(5-15)10(21)9(16)11(24-14)19-4-3-8(17)18-12(19)22/h3-4,6,9-11,21H,5,7H2,1-2H3,(H2,17,18,22). The van der Waals surface area contributed by atoms with Gasteiger partial charge in [0.05, 0.1) is 12.5 Å². The topological polar surface area (TPSA) is 117 Å². The number of rotatable bonds is 6. The van der Waals surface area contributed by atoms with Crippen molar-refractivity contribution in [1.29, 1.82) is 0 Å². The van der Waals surface area contributed by atoms with E-state index in [0.29, 0.717) is 6.29 Å². The van der Waals surface area contributed by atoms with Crippen molar-refractivity contribution in [3.05, 3.63) is 22.7 Å². The molecule has 4 atom stereocenters. The molecule has 1 aromatic rings. The van der Waals surface area contributed by atoms with Crippen LogP contribution in [0.5, 0.6) is 0 Å². The highest BCUT2D eigenvalue weighted by molar-refractivity contribution is 6.18. The predicted molar refractivity (Wildman–Crippen MR) is 83.5 cm³/mol. The van der Waals surface area contributed by atoms with E-state index in [1.54, 1.807) is 0 Å². The lowest BCUT2D eigenvalue weighted by molar-refractivity contribution is -0.160. The van der Waals surface area contributed by atoms with Crippen molar-refractivity contribution < 1.29 is 23.8 Å². The van der Waals surface area contributed by atoms with Crippen LogP contribution in [0, 0.1) is 0 Å². The molecule has 0 bridgehead atoms. The van der Waals surface area contributed by atoms with Gasteiger partial charge in [-0.2, -0.15) is 4.98 Å². The van der Waals surface area contributed by atoms with Crippen LogP contribution in [0.2, 0.25) is 0 Å². The maximum Gasteiger partial charge on any atom is 0.351 e. The summed E-state index contributed by atoms with van der Waals surface area (Å²) in [5.41, 5.74) is 1.79. The van der Waals surface area contributed by atoms with E-state index >= 15 is 0 Å². The number of nitrogens with two attached hydrogens (primary N) is 1. The maximum absolute atomic E-state index is 14.6. The van der Waals surface area contributed by atoms with Crippen LogP contribution in [0.4, 0.5) is 10.2 Å². The molecule has 0 aromatic carbocycles. The number of aliphatic hydroxyl groups is 1. The van der Waals surface area contributed by atoms with Crippen LogP contribution < -0.4 is 11.4 Å². The Morgan fingerprint density at radius 2 is 2.33 bits per heavy atom. The third kappa shape index (κ3) is 3.44. The molecule has 0 radical (unpaired) electrons. The number of halogens is 2. The fourth-order valence-corrected chi connectivity index (χ4v) is 2.56. The number of hydrogen-bond donors (Lipinski definition) is 2. The molecule has 8 nitrogen and oxygen atoms in total. The first-order valence-corrected chi connectivity index (χ1v) is 7.70. The largest absolute Gasteiger partial charge is 0.387 e. The van der Waals surface area contributed by atoms with E-state index in [9.17, 15) is 19.1 Å². The molecule has 1 aliphatic rings. The van der Waals surface area contributed by atoms with Gasteiger partial charge in [-0.1, -0.05) is 0 Å². The normalized spacial score (nSPS) is 30.5. The molecule has 24 heavy (non-hydrogen) atoms. The van der Waals surface area contributed by atoms with Gasteiger partial charge in [0.1, 0.15) is 23.1 Å². The number of anilines is 1. The van der Waals surface area contributed by atoms with Gasteiger partial charge in [-0.15, -0.1) is 11.6 Å². The lowest BCUT2D eigenvalue weighted by atomic mass is 9.98. The van der Waals surface area contributed by atoms with Crippen LogP contribution in [0.15, 0.2) is 17.1 Å². The zero-order valence-electron chi connectivity index (χ0n) is 13.2. The molecule has 0 spiro atoms. The van der Waals surface area contributed by atoms with Crippen molar-refractivity contribution in [2.24, 2.45) is 0 Å². The molecule has 2 heterocycles. The summed E-state index contributed by atoms with van der Waals surface area (Å²) in [5, 5.41) is 10.2. The van der Waals surface area contributed by atoms with Crippen LogP contribution in [-0.2, 0) is 14.3 Å². The first-order valence-electron chi connectivity index (χ1n) is 7.17. The first-order chi connectivity index (χ1) is 11.2.